The first-order valence-corrected chi connectivity index (χ1v) is 7.22. The van der Waals surface area contributed by atoms with Gasteiger partial charge in [-0.05, 0) is 32.4 Å². The number of unbranched alkanes of at least 4 members (excludes halogenated alkanes) is 7. The lowest BCUT2D eigenvalue weighted by molar-refractivity contribution is 0.558. The Balaban J connectivity index is 2.81. The van der Waals surface area contributed by atoms with Crippen molar-refractivity contribution >= 4 is 11.6 Å². The summed E-state index contributed by atoms with van der Waals surface area (Å²) in [6.07, 6.45) is 12.0. The van der Waals surface area contributed by atoms with Gasteiger partial charge < -0.3 is 5.32 Å². The lowest BCUT2D eigenvalue weighted by Crippen LogP contribution is -2.16. The van der Waals surface area contributed by atoms with E-state index in [1.807, 2.05) is 0 Å². The standard InChI is InChI=1S/C13H28ClN/c1-2-3-4-6-9-12-15-13-10-7-5-8-11-14/h15H,2-13H2,1H3. The first-order valence-electron chi connectivity index (χ1n) is 6.68. The average molecular weight is 234 g/mol. The Morgan fingerprint density at radius 1 is 0.733 bits per heavy atom. The van der Waals surface area contributed by atoms with Crippen LogP contribution in [0.3, 0.4) is 0 Å². The normalized spacial score (nSPS) is 10.8. The Hall–Kier alpha value is 0.250. The summed E-state index contributed by atoms with van der Waals surface area (Å²) in [7, 11) is 0. The predicted octanol–water partition coefficient (Wildman–Crippen LogP) is 4.35. The molecule has 2 heteroatoms. The summed E-state index contributed by atoms with van der Waals surface area (Å²) in [5.41, 5.74) is 0. The van der Waals surface area contributed by atoms with Crippen LogP contribution in [0.1, 0.15) is 64.7 Å². The Kier molecular flexibility index (Phi) is 14.5. The van der Waals surface area contributed by atoms with E-state index < -0.39 is 0 Å². The van der Waals surface area contributed by atoms with Crippen molar-refractivity contribution in [2.45, 2.75) is 64.7 Å². The Morgan fingerprint density at radius 3 is 1.80 bits per heavy atom. The molecule has 0 radical (unpaired) electrons. The van der Waals surface area contributed by atoms with Crippen molar-refractivity contribution in [3.05, 3.63) is 0 Å². The number of hydrogen-bond donors (Lipinski definition) is 1. The molecule has 0 heterocycles. The van der Waals surface area contributed by atoms with Gasteiger partial charge in [0.15, 0.2) is 0 Å². The van der Waals surface area contributed by atoms with Crippen molar-refractivity contribution in [1.29, 1.82) is 0 Å². The summed E-state index contributed by atoms with van der Waals surface area (Å²) in [6, 6.07) is 0. The smallest absolute Gasteiger partial charge is 0.0223 e. The number of rotatable bonds is 12. The van der Waals surface area contributed by atoms with Gasteiger partial charge in [0.25, 0.3) is 0 Å². The van der Waals surface area contributed by atoms with Crippen LogP contribution in [0.25, 0.3) is 0 Å². The van der Waals surface area contributed by atoms with Crippen LogP contribution in [-0.4, -0.2) is 19.0 Å². The monoisotopic (exact) mass is 233 g/mol. The third-order valence-electron chi connectivity index (χ3n) is 2.69. The molecular formula is C13H28ClN. The topological polar surface area (TPSA) is 12.0 Å². The summed E-state index contributed by atoms with van der Waals surface area (Å²) < 4.78 is 0. The molecule has 0 spiro atoms. The molecule has 0 bridgehead atoms. The van der Waals surface area contributed by atoms with Gasteiger partial charge in [0.1, 0.15) is 0 Å². The van der Waals surface area contributed by atoms with E-state index in [-0.39, 0.29) is 0 Å². The second-order valence-electron chi connectivity index (χ2n) is 4.27. The molecule has 0 rings (SSSR count). The zero-order chi connectivity index (χ0) is 11.2. The van der Waals surface area contributed by atoms with Gasteiger partial charge in [0.05, 0.1) is 0 Å². The molecule has 0 aliphatic carbocycles. The molecule has 0 saturated heterocycles. The first kappa shape index (κ1) is 15.2. The summed E-state index contributed by atoms with van der Waals surface area (Å²) >= 11 is 5.61. The second kappa shape index (κ2) is 14.2. The highest BCUT2D eigenvalue weighted by atomic mass is 35.5. The molecule has 0 unspecified atom stereocenters. The van der Waals surface area contributed by atoms with Crippen LogP contribution >= 0.6 is 11.6 Å². The lowest BCUT2D eigenvalue weighted by Gasteiger charge is -2.04. The minimum Gasteiger partial charge on any atom is -0.317 e. The maximum Gasteiger partial charge on any atom is 0.0223 e. The van der Waals surface area contributed by atoms with Gasteiger partial charge in [0.2, 0.25) is 0 Å². The highest BCUT2D eigenvalue weighted by Gasteiger charge is 1.91. The number of halogens is 1. The van der Waals surface area contributed by atoms with Gasteiger partial charge in [0, 0.05) is 5.88 Å². The van der Waals surface area contributed by atoms with Gasteiger partial charge in [-0.3, -0.25) is 0 Å². The molecule has 0 aromatic rings. The van der Waals surface area contributed by atoms with E-state index >= 15 is 0 Å². The van der Waals surface area contributed by atoms with E-state index in [0.29, 0.717) is 0 Å². The van der Waals surface area contributed by atoms with Gasteiger partial charge in [-0.1, -0.05) is 45.4 Å². The van der Waals surface area contributed by atoms with Crippen molar-refractivity contribution < 1.29 is 0 Å². The van der Waals surface area contributed by atoms with Crippen molar-refractivity contribution in [2.24, 2.45) is 0 Å². The van der Waals surface area contributed by atoms with Crippen LogP contribution in [0.15, 0.2) is 0 Å². The molecule has 0 aliphatic rings. The van der Waals surface area contributed by atoms with E-state index in [2.05, 4.69) is 12.2 Å². The third kappa shape index (κ3) is 14.2. The van der Waals surface area contributed by atoms with Crippen molar-refractivity contribution in [2.75, 3.05) is 19.0 Å². The molecule has 0 fully saturated rings. The lowest BCUT2D eigenvalue weighted by atomic mass is 10.1. The Labute approximate surface area is 101 Å². The van der Waals surface area contributed by atoms with E-state index in [4.69, 9.17) is 11.6 Å². The van der Waals surface area contributed by atoms with E-state index in [1.54, 1.807) is 0 Å². The maximum absolute atomic E-state index is 5.61. The van der Waals surface area contributed by atoms with E-state index in [1.165, 1.54) is 70.9 Å². The molecule has 1 N–H and O–H groups in total. The Bertz CT molecular complexity index is 94.7. The molecule has 0 atom stereocenters. The van der Waals surface area contributed by atoms with Crippen LogP contribution in [-0.2, 0) is 0 Å². The molecule has 1 nitrogen and oxygen atoms in total. The quantitative estimate of drug-likeness (QED) is 0.391. The van der Waals surface area contributed by atoms with Crippen LogP contribution in [0.2, 0.25) is 0 Å². The molecule has 92 valence electrons. The zero-order valence-corrected chi connectivity index (χ0v) is 11.1. The second-order valence-corrected chi connectivity index (χ2v) is 4.65. The minimum absolute atomic E-state index is 0.824. The molecule has 15 heavy (non-hydrogen) atoms. The summed E-state index contributed by atoms with van der Waals surface area (Å²) in [4.78, 5) is 0. The van der Waals surface area contributed by atoms with Gasteiger partial charge in [-0.15, -0.1) is 11.6 Å². The zero-order valence-electron chi connectivity index (χ0n) is 10.4. The minimum atomic E-state index is 0.824. The molecule has 0 aromatic heterocycles. The van der Waals surface area contributed by atoms with Gasteiger partial charge in [-0.2, -0.15) is 0 Å². The summed E-state index contributed by atoms with van der Waals surface area (Å²) in [5.74, 6) is 0.824. The highest BCUT2D eigenvalue weighted by Crippen LogP contribution is 2.02. The van der Waals surface area contributed by atoms with E-state index in [9.17, 15) is 0 Å². The third-order valence-corrected chi connectivity index (χ3v) is 2.96. The van der Waals surface area contributed by atoms with Gasteiger partial charge in [-0.25, -0.2) is 0 Å². The fourth-order valence-corrected chi connectivity index (χ4v) is 1.87. The Morgan fingerprint density at radius 2 is 1.27 bits per heavy atom. The maximum atomic E-state index is 5.61. The number of hydrogen-bond acceptors (Lipinski definition) is 1. The molecular weight excluding hydrogens is 206 g/mol. The van der Waals surface area contributed by atoms with Crippen molar-refractivity contribution in [3.63, 3.8) is 0 Å². The average Bonchev–Trinajstić information content (AvgIpc) is 2.26. The van der Waals surface area contributed by atoms with Crippen LogP contribution in [0.5, 0.6) is 0 Å². The van der Waals surface area contributed by atoms with Gasteiger partial charge >= 0.3 is 0 Å². The molecule has 0 saturated carbocycles. The van der Waals surface area contributed by atoms with Crippen LogP contribution < -0.4 is 5.32 Å². The predicted molar refractivity (Wildman–Crippen MR) is 70.8 cm³/mol. The number of nitrogens with one attached hydrogen (secondary N) is 1. The molecule has 0 aromatic carbocycles. The van der Waals surface area contributed by atoms with Crippen LogP contribution in [0, 0.1) is 0 Å². The SMILES string of the molecule is CCCCCCCNCCCCCCCl. The fraction of sp³-hybridized carbons (Fsp3) is 1.00. The number of alkyl halides is 1. The largest absolute Gasteiger partial charge is 0.317 e. The fourth-order valence-electron chi connectivity index (χ4n) is 1.68. The molecule has 0 aliphatic heterocycles. The summed E-state index contributed by atoms with van der Waals surface area (Å²) in [5, 5.41) is 3.51. The van der Waals surface area contributed by atoms with Crippen LogP contribution in [0.4, 0.5) is 0 Å². The highest BCUT2D eigenvalue weighted by molar-refractivity contribution is 6.17. The molecule has 0 amide bonds. The van der Waals surface area contributed by atoms with Crippen molar-refractivity contribution in [1.82, 2.24) is 5.32 Å². The summed E-state index contributed by atoms with van der Waals surface area (Å²) in [6.45, 7) is 4.66. The van der Waals surface area contributed by atoms with E-state index in [0.717, 1.165) is 5.88 Å². The van der Waals surface area contributed by atoms with Crippen molar-refractivity contribution in [3.8, 4) is 0 Å². The first-order chi connectivity index (χ1) is 7.41.